The number of aryl methyl sites for hydroxylation is 1. The Balaban J connectivity index is 1.49. The maximum atomic E-state index is 11.9. The Labute approximate surface area is 161 Å². The molecule has 8 heteroatoms. The van der Waals surface area contributed by atoms with Gasteiger partial charge in [0.05, 0.1) is 23.3 Å². The maximum Gasteiger partial charge on any atom is 0.359 e. The van der Waals surface area contributed by atoms with Crippen molar-refractivity contribution < 1.29 is 14.3 Å². The summed E-state index contributed by atoms with van der Waals surface area (Å²) in [6, 6.07) is 16.2. The van der Waals surface area contributed by atoms with E-state index in [2.05, 4.69) is 25.5 Å². The van der Waals surface area contributed by atoms with Gasteiger partial charge >= 0.3 is 5.97 Å². The van der Waals surface area contributed by atoms with Gasteiger partial charge in [0.2, 0.25) is 0 Å². The molecule has 1 aromatic heterocycles. The lowest BCUT2D eigenvalue weighted by atomic mass is 10.3. The molecule has 0 spiro atoms. The largest absolute Gasteiger partial charge is 0.451 e. The van der Waals surface area contributed by atoms with Gasteiger partial charge in [-0.15, -0.1) is 0 Å². The van der Waals surface area contributed by atoms with E-state index in [0.29, 0.717) is 17.1 Å². The van der Waals surface area contributed by atoms with Crippen LogP contribution in [0.1, 0.15) is 16.2 Å². The number of anilines is 1. The van der Waals surface area contributed by atoms with Crippen LogP contribution in [0, 0.1) is 6.92 Å². The predicted octanol–water partition coefficient (Wildman–Crippen LogP) is 4.00. The number of ether oxygens (including phenoxy) is 1. The van der Waals surface area contributed by atoms with E-state index in [-0.39, 0.29) is 5.69 Å². The fourth-order valence-electron chi connectivity index (χ4n) is 2.12. The summed E-state index contributed by atoms with van der Waals surface area (Å²) >= 11 is 0. The number of azo groups is 1. The Hall–Kier alpha value is -3.94. The zero-order valence-corrected chi connectivity index (χ0v) is 15.1. The molecule has 0 bridgehead atoms. The molecule has 8 nitrogen and oxygen atoms in total. The molecule has 0 aliphatic carbocycles. The number of hydrogen-bond acceptors (Lipinski definition) is 7. The van der Waals surface area contributed by atoms with E-state index in [0.717, 1.165) is 5.69 Å². The molecule has 1 N–H and O–H groups in total. The molecule has 1 heterocycles. The van der Waals surface area contributed by atoms with Crippen molar-refractivity contribution in [2.24, 2.45) is 10.2 Å². The predicted molar refractivity (Wildman–Crippen MR) is 103 cm³/mol. The molecule has 0 aliphatic rings. The summed E-state index contributed by atoms with van der Waals surface area (Å²) in [7, 11) is 0. The van der Waals surface area contributed by atoms with E-state index in [1.807, 2.05) is 30.3 Å². The second-order valence-electron chi connectivity index (χ2n) is 5.75. The van der Waals surface area contributed by atoms with Crippen molar-refractivity contribution in [3.05, 3.63) is 78.4 Å². The van der Waals surface area contributed by atoms with Gasteiger partial charge in [0.15, 0.2) is 12.3 Å². The zero-order valence-electron chi connectivity index (χ0n) is 15.1. The fraction of sp³-hybridized carbons (Fsp3) is 0.100. The lowest BCUT2D eigenvalue weighted by Crippen LogP contribution is -2.21. The summed E-state index contributed by atoms with van der Waals surface area (Å²) in [5.41, 5.74) is 2.67. The number of aromatic nitrogens is 2. The number of amides is 1. The SMILES string of the molecule is Cc1cnc(C(=O)OCC(=O)Nc2ccc(N=Nc3ccccc3)cc2)cn1. The van der Waals surface area contributed by atoms with Crippen LogP contribution in [0.15, 0.2) is 77.2 Å². The number of hydrogen-bond donors (Lipinski definition) is 1. The highest BCUT2D eigenvalue weighted by molar-refractivity contribution is 5.94. The average molecular weight is 375 g/mol. The second kappa shape index (κ2) is 9.13. The van der Waals surface area contributed by atoms with Gasteiger partial charge in [-0.1, -0.05) is 18.2 Å². The van der Waals surface area contributed by atoms with Crippen molar-refractivity contribution in [2.75, 3.05) is 11.9 Å². The summed E-state index contributed by atoms with van der Waals surface area (Å²) in [4.78, 5) is 31.6. The third-order valence-corrected chi connectivity index (χ3v) is 3.51. The molecule has 140 valence electrons. The Morgan fingerprint density at radius 1 is 0.929 bits per heavy atom. The van der Waals surface area contributed by atoms with Gasteiger partial charge in [-0.3, -0.25) is 9.78 Å². The van der Waals surface area contributed by atoms with Crippen LogP contribution in [0.5, 0.6) is 0 Å². The van der Waals surface area contributed by atoms with Gasteiger partial charge < -0.3 is 10.1 Å². The van der Waals surface area contributed by atoms with E-state index < -0.39 is 18.5 Å². The molecule has 0 saturated carbocycles. The van der Waals surface area contributed by atoms with E-state index in [9.17, 15) is 9.59 Å². The van der Waals surface area contributed by atoms with Crippen molar-refractivity contribution in [1.82, 2.24) is 9.97 Å². The molecule has 0 atom stereocenters. The maximum absolute atomic E-state index is 11.9. The van der Waals surface area contributed by atoms with Crippen LogP contribution in [-0.4, -0.2) is 28.5 Å². The normalized spacial score (nSPS) is 10.6. The van der Waals surface area contributed by atoms with Crippen molar-refractivity contribution >= 4 is 28.9 Å². The van der Waals surface area contributed by atoms with Crippen molar-refractivity contribution in [3.8, 4) is 0 Å². The molecule has 3 rings (SSSR count). The molecule has 0 radical (unpaired) electrons. The van der Waals surface area contributed by atoms with E-state index in [1.165, 1.54) is 12.4 Å². The van der Waals surface area contributed by atoms with Gasteiger partial charge in [0, 0.05) is 11.9 Å². The number of carbonyl (C=O) groups is 2. The van der Waals surface area contributed by atoms with E-state index >= 15 is 0 Å². The quantitative estimate of drug-likeness (QED) is 0.518. The lowest BCUT2D eigenvalue weighted by Gasteiger charge is -2.06. The highest BCUT2D eigenvalue weighted by Crippen LogP contribution is 2.20. The standard InChI is InChI=1S/C20H17N5O3/c1-14-11-22-18(12-21-14)20(27)28-13-19(26)23-15-7-9-17(10-8-15)25-24-16-5-3-2-4-6-16/h2-12H,13H2,1H3,(H,23,26). The monoisotopic (exact) mass is 375 g/mol. The van der Waals surface area contributed by atoms with Crippen molar-refractivity contribution in [1.29, 1.82) is 0 Å². The van der Waals surface area contributed by atoms with E-state index in [1.54, 1.807) is 31.2 Å². The van der Waals surface area contributed by atoms with Crippen molar-refractivity contribution in [3.63, 3.8) is 0 Å². The lowest BCUT2D eigenvalue weighted by molar-refractivity contribution is -0.119. The summed E-state index contributed by atoms with van der Waals surface area (Å²) in [6.07, 6.45) is 2.76. The summed E-state index contributed by atoms with van der Waals surface area (Å²) < 4.78 is 4.93. The van der Waals surface area contributed by atoms with Gasteiger partial charge in [-0.05, 0) is 43.3 Å². The third-order valence-electron chi connectivity index (χ3n) is 3.51. The van der Waals surface area contributed by atoms with Crippen molar-refractivity contribution in [2.45, 2.75) is 6.92 Å². The van der Waals surface area contributed by atoms with Gasteiger partial charge in [0.25, 0.3) is 5.91 Å². The molecule has 0 saturated heterocycles. The van der Waals surface area contributed by atoms with Crippen LogP contribution in [0.3, 0.4) is 0 Å². The number of nitrogens with one attached hydrogen (secondary N) is 1. The zero-order chi connectivity index (χ0) is 19.8. The Bertz CT molecular complexity index is 971. The summed E-state index contributed by atoms with van der Waals surface area (Å²) in [5, 5.41) is 10.9. The number of benzene rings is 2. The topological polar surface area (TPSA) is 106 Å². The van der Waals surface area contributed by atoms with Crippen LogP contribution in [0.2, 0.25) is 0 Å². The minimum absolute atomic E-state index is 0.0477. The molecule has 0 aliphatic heterocycles. The highest BCUT2D eigenvalue weighted by Gasteiger charge is 2.12. The van der Waals surface area contributed by atoms with E-state index in [4.69, 9.17) is 4.74 Å². The first-order chi connectivity index (χ1) is 13.6. The molecular formula is C20H17N5O3. The first-order valence-corrected chi connectivity index (χ1v) is 8.42. The second-order valence-corrected chi connectivity index (χ2v) is 5.75. The van der Waals surface area contributed by atoms with Crippen LogP contribution in [-0.2, 0) is 9.53 Å². The Kier molecular flexibility index (Phi) is 6.14. The summed E-state index contributed by atoms with van der Waals surface area (Å²) in [6.45, 7) is 1.33. The average Bonchev–Trinajstić information content (AvgIpc) is 2.73. The smallest absolute Gasteiger partial charge is 0.359 e. The molecule has 1 amide bonds. The first-order valence-electron chi connectivity index (χ1n) is 8.42. The van der Waals surface area contributed by atoms with Crippen LogP contribution in [0.25, 0.3) is 0 Å². The number of carbonyl (C=O) groups excluding carboxylic acids is 2. The number of nitrogens with zero attached hydrogens (tertiary/aromatic N) is 4. The molecule has 3 aromatic rings. The molecule has 0 fully saturated rings. The third kappa shape index (κ3) is 5.53. The van der Waals surface area contributed by atoms with Crippen LogP contribution in [0.4, 0.5) is 17.1 Å². The first kappa shape index (κ1) is 18.8. The Morgan fingerprint density at radius 2 is 1.61 bits per heavy atom. The minimum atomic E-state index is -0.709. The fourth-order valence-corrected chi connectivity index (χ4v) is 2.12. The molecule has 2 aromatic carbocycles. The number of rotatable bonds is 6. The molecule has 0 unspecified atom stereocenters. The molecular weight excluding hydrogens is 358 g/mol. The van der Waals surface area contributed by atoms with Gasteiger partial charge in [-0.25, -0.2) is 9.78 Å². The summed E-state index contributed by atoms with van der Waals surface area (Å²) in [5.74, 6) is -1.17. The highest BCUT2D eigenvalue weighted by atomic mass is 16.5. The Morgan fingerprint density at radius 3 is 2.25 bits per heavy atom. The number of esters is 1. The van der Waals surface area contributed by atoms with Gasteiger partial charge in [-0.2, -0.15) is 10.2 Å². The van der Waals surface area contributed by atoms with Crippen LogP contribution >= 0.6 is 0 Å². The minimum Gasteiger partial charge on any atom is -0.451 e. The van der Waals surface area contributed by atoms with Gasteiger partial charge in [0.1, 0.15) is 0 Å². The molecule has 28 heavy (non-hydrogen) atoms. The van der Waals surface area contributed by atoms with Crippen LogP contribution < -0.4 is 5.32 Å².